The van der Waals surface area contributed by atoms with Crippen LogP contribution in [0.4, 0.5) is 0 Å². The fraction of sp³-hybridized carbons (Fsp3) is 0.818. The molecule has 0 radical (unpaired) electrons. The summed E-state index contributed by atoms with van der Waals surface area (Å²) in [5.74, 6) is -1.38. The quantitative estimate of drug-likeness (QED) is 0.766. The molecular formula is C11H19NO4. The minimum Gasteiger partial charge on any atom is -0.481 e. The van der Waals surface area contributed by atoms with Crippen LogP contribution in [0.1, 0.15) is 20.8 Å². The van der Waals surface area contributed by atoms with E-state index in [9.17, 15) is 9.59 Å². The topological polar surface area (TPSA) is 66.8 Å². The maximum atomic E-state index is 11.9. The molecule has 1 saturated heterocycles. The molecule has 5 heteroatoms. The van der Waals surface area contributed by atoms with Crippen molar-refractivity contribution in [2.24, 2.45) is 11.8 Å². The summed E-state index contributed by atoms with van der Waals surface area (Å²) in [6.45, 7) is 6.68. The second-order valence-corrected chi connectivity index (χ2v) is 4.26. The third-order valence-electron chi connectivity index (χ3n) is 3.01. The van der Waals surface area contributed by atoms with Crippen LogP contribution in [0.25, 0.3) is 0 Å². The van der Waals surface area contributed by atoms with Gasteiger partial charge in [-0.15, -0.1) is 0 Å². The van der Waals surface area contributed by atoms with Crippen LogP contribution in [0.5, 0.6) is 0 Å². The Balaban J connectivity index is 2.58. The molecule has 1 unspecified atom stereocenters. The SMILES string of the molecule is CCOC(C)C(=O)N1C[C@@H](C)[C@H](C(=O)O)C1. The zero-order valence-corrected chi connectivity index (χ0v) is 9.97. The van der Waals surface area contributed by atoms with Crippen LogP contribution in [0.15, 0.2) is 0 Å². The summed E-state index contributed by atoms with van der Waals surface area (Å²) in [6, 6.07) is 0. The number of carboxylic acids is 1. The summed E-state index contributed by atoms with van der Waals surface area (Å²) < 4.78 is 5.21. The van der Waals surface area contributed by atoms with Gasteiger partial charge in [-0.25, -0.2) is 0 Å². The number of ether oxygens (including phenoxy) is 1. The van der Waals surface area contributed by atoms with Crippen LogP contribution in [-0.2, 0) is 14.3 Å². The summed E-state index contributed by atoms with van der Waals surface area (Å²) in [4.78, 5) is 24.4. The molecule has 0 saturated carbocycles. The van der Waals surface area contributed by atoms with Crippen molar-refractivity contribution >= 4 is 11.9 Å². The Hall–Kier alpha value is -1.10. The Bertz CT molecular complexity index is 279. The number of hydrogen-bond donors (Lipinski definition) is 1. The van der Waals surface area contributed by atoms with E-state index in [2.05, 4.69) is 0 Å². The average Bonchev–Trinajstić information content (AvgIpc) is 2.59. The van der Waals surface area contributed by atoms with E-state index in [0.717, 1.165) is 0 Å². The number of hydrogen-bond acceptors (Lipinski definition) is 3. The predicted molar refractivity (Wildman–Crippen MR) is 58.0 cm³/mol. The van der Waals surface area contributed by atoms with Gasteiger partial charge in [-0.3, -0.25) is 9.59 Å². The molecule has 1 aliphatic heterocycles. The summed E-state index contributed by atoms with van der Waals surface area (Å²) in [6.07, 6.45) is -0.482. The maximum absolute atomic E-state index is 11.9. The van der Waals surface area contributed by atoms with E-state index in [1.165, 1.54) is 0 Å². The highest BCUT2D eigenvalue weighted by atomic mass is 16.5. The Kier molecular flexibility index (Phi) is 4.29. The second kappa shape index (κ2) is 5.30. The zero-order valence-electron chi connectivity index (χ0n) is 9.97. The largest absolute Gasteiger partial charge is 0.481 e. The van der Waals surface area contributed by atoms with Crippen molar-refractivity contribution in [3.05, 3.63) is 0 Å². The molecule has 1 heterocycles. The average molecular weight is 229 g/mol. The van der Waals surface area contributed by atoms with Gasteiger partial charge >= 0.3 is 5.97 Å². The van der Waals surface area contributed by atoms with Crippen molar-refractivity contribution in [2.45, 2.75) is 26.9 Å². The number of aliphatic carboxylic acids is 1. The lowest BCUT2D eigenvalue weighted by Gasteiger charge is -2.20. The highest BCUT2D eigenvalue weighted by Gasteiger charge is 2.38. The Morgan fingerprint density at radius 3 is 2.56 bits per heavy atom. The van der Waals surface area contributed by atoms with Crippen molar-refractivity contribution in [1.29, 1.82) is 0 Å². The van der Waals surface area contributed by atoms with E-state index in [0.29, 0.717) is 19.7 Å². The molecule has 0 aromatic carbocycles. The fourth-order valence-electron chi connectivity index (χ4n) is 2.05. The Morgan fingerprint density at radius 1 is 1.50 bits per heavy atom. The highest BCUT2D eigenvalue weighted by molar-refractivity contribution is 5.82. The number of amides is 1. The van der Waals surface area contributed by atoms with Crippen LogP contribution in [-0.4, -0.2) is 47.7 Å². The van der Waals surface area contributed by atoms with Gasteiger partial charge in [-0.1, -0.05) is 6.92 Å². The summed E-state index contributed by atoms with van der Waals surface area (Å²) in [5, 5.41) is 8.96. The van der Waals surface area contributed by atoms with Gasteiger partial charge < -0.3 is 14.7 Å². The van der Waals surface area contributed by atoms with Gasteiger partial charge in [0.1, 0.15) is 6.10 Å². The van der Waals surface area contributed by atoms with E-state index in [1.54, 1.807) is 11.8 Å². The van der Waals surface area contributed by atoms with Crippen molar-refractivity contribution in [2.75, 3.05) is 19.7 Å². The summed E-state index contributed by atoms with van der Waals surface area (Å²) >= 11 is 0. The molecule has 16 heavy (non-hydrogen) atoms. The smallest absolute Gasteiger partial charge is 0.308 e. The van der Waals surface area contributed by atoms with Gasteiger partial charge in [-0.2, -0.15) is 0 Å². The van der Waals surface area contributed by atoms with E-state index < -0.39 is 18.0 Å². The van der Waals surface area contributed by atoms with Gasteiger partial charge in [-0.05, 0) is 19.8 Å². The predicted octanol–water partition coefficient (Wildman–Crippen LogP) is 0.591. The molecule has 1 rings (SSSR count). The molecular weight excluding hydrogens is 210 g/mol. The van der Waals surface area contributed by atoms with Gasteiger partial charge in [0.25, 0.3) is 5.91 Å². The number of rotatable bonds is 4. The van der Waals surface area contributed by atoms with Crippen molar-refractivity contribution < 1.29 is 19.4 Å². The van der Waals surface area contributed by atoms with Gasteiger partial charge in [0, 0.05) is 19.7 Å². The van der Waals surface area contributed by atoms with Crippen molar-refractivity contribution in [3.8, 4) is 0 Å². The van der Waals surface area contributed by atoms with Crippen LogP contribution in [0.2, 0.25) is 0 Å². The van der Waals surface area contributed by atoms with Crippen molar-refractivity contribution in [3.63, 3.8) is 0 Å². The molecule has 0 spiro atoms. The van der Waals surface area contributed by atoms with Gasteiger partial charge in [0.15, 0.2) is 0 Å². The molecule has 0 aromatic rings. The zero-order chi connectivity index (χ0) is 12.3. The lowest BCUT2D eigenvalue weighted by Crippen LogP contribution is -2.38. The maximum Gasteiger partial charge on any atom is 0.308 e. The number of likely N-dealkylation sites (tertiary alicyclic amines) is 1. The Labute approximate surface area is 95.4 Å². The standard InChI is InChI=1S/C11H19NO4/c1-4-16-8(3)10(13)12-5-7(2)9(6-12)11(14)15/h7-9H,4-6H2,1-3H3,(H,14,15)/t7-,8?,9-/m1/s1. The first-order chi connectivity index (χ1) is 7.47. The van der Waals surface area contributed by atoms with E-state index in [-0.39, 0.29) is 11.8 Å². The monoisotopic (exact) mass is 229 g/mol. The van der Waals surface area contributed by atoms with E-state index in [1.807, 2.05) is 13.8 Å². The lowest BCUT2D eigenvalue weighted by atomic mass is 9.99. The molecule has 1 N–H and O–H groups in total. The number of carbonyl (C=O) groups excluding carboxylic acids is 1. The molecule has 92 valence electrons. The molecule has 1 fully saturated rings. The molecule has 5 nitrogen and oxygen atoms in total. The van der Waals surface area contributed by atoms with Crippen LogP contribution >= 0.6 is 0 Å². The number of carboxylic acid groups (broad SMARTS) is 1. The normalized spacial score (nSPS) is 26.8. The number of nitrogens with zero attached hydrogens (tertiary/aromatic N) is 1. The minimum atomic E-state index is -0.827. The molecule has 3 atom stereocenters. The van der Waals surface area contributed by atoms with Crippen LogP contribution in [0, 0.1) is 11.8 Å². The first kappa shape index (κ1) is 13.0. The minimum absolute atomic E-state index is 0.00952. The molecule has 0 bridgehead atoms. The molecule has 0 aromatic heterocycles. The summed E-state index contributed by atoms with van der Waals surface area (Å²) in [5.41, 5.74) is 0. The molecule has 1 amide bonds. The second-order valence-electron chi connectivity index (χ2n) is 4.26. The van der Waals surface area contributed by atoms with Crippen LogP contribution in [0.3, 0.4) is 0 Å². The summed E-state index contributed by atoms with van der Waals surface area (Å²) in [7, 11) is 0. The number of carbonyl (C=O) groups is 2. The molecule has 1 aliphatic rings. The molecule has 0 aliphatic carbocycles. The highest BCUT2D eigenvalue weighted by Crippen LogP contribution is 2.23. The van der Waals surface area contributed by atoms with Gasteiger partial charge in [0.2, 0.25) is 0 Å². The first-order valence-electron chi connectivity index (χ1n) is 5.60. The Morgan fingerprint density at radius 2 is 2.12 bits per heavy atom. The van der Waals surface area contributed by atoms with E-state index >= 15 is 0 Å². The van der Waals surface area contributed by atoms with E-state index in [4.69, 9.17) is 9.84 Å². The van der Waals surface area contributed by atoms with Crippen molar-refractivity contribution in [1.82, 2.24) is 4.90 Å². The third-order valence-corrected chi connectivity index (χ3v) is 3.01. The first-order valence-corrected chi connectivity index (χ1v) is 5.60. The fourth-order valence-corrected chi connectivity index (χ4v) is 2.05. The third kappa shape index (κ3) is 2.72. The lowest BCUT2D eigenvalue weighted by molar-refractivity contribution is -0.143. The van der Waals surface area contributed by atoms with Gasteiger partial charge in [0.05, 0.1) is 5.92 Å². The van der Waals surface area contributed by atoms with Crippen LogP contribution < -0.4 is 0 Å².